The van der Waals surface area contributed by atoms with Gasteiger partial charge in [-0.15, -0.1) is 0 Å². The van der Waals surface area contributed by atoms with Gasteiger partial charge in [-0.05, 0) is 198 Å². The molecule has 0 unspecified atom stereocenters. The van der Waals surface area contributed by atoms with Crippen molar-refractivity contribution < 1.29 is 39.6 Å². The zero-order chi connectivity index (χ0) is 48.8. The van der Waals surface area contributed by atoms with Gasteiger partial charge >= 0.3 is 23.9 Å². The summed E-state index contributed by atoms with van der Waals surface area (Å²) in [6.07, 6.45) is 10.4. The fourth-order valence-corrected chi connectivity index (χ4v) is 12.6. The summed E-state index contributed by atoms with van der Waals surface area (Å²) in [4.78, 5) is 43.1. The van der Waals surface area contributed by atoms with Gasteiger partial charge in [0.15, 0.2) is 0 Å². The topological polar surface area (TPSA) is 197 Å². The van der Waals surface area contributed by atoms with Crippen LogP contribution >= 0.6 is 0 Å². The Labute approximate surface area is 376 Å². The molecule has 0 saturated carbocycles. The number of carbonyl (C=O) groups is 4. The summed E-state index contributed by atoms with van der Waals surface area (Å²) in [6, 6.07) is 1.02. The fourth-order valence-electron chi connectivity index (χ4n) is 12.6. The Morgan fingerprint density at radius 2 is 0.452 bits per heavy atom. The Kier molecular flexibility index (Phi) is 19.1. The Morgan fingerprint density at radius 1 is 0.339 bits per heavy atom. The summed E-state index contributed by atoms with van der Waals surface area (Å²) in [6.45, 7) is 46.1. The van der Waals surface area contributed by atoms with Gasteiger partial charge in [0.1, 0.15) is 0 Å². The second-order valence-electron chi connectivity index (χ2n) is 24.8. The maximum Gasteiger partial charge on any atom is 0.336 e. The molecule has 8 N–H and O–H groups in total. The monoisotopic (exact) mass is 875 g/mol. The van der Waals surface area contributed by atoms with E-state index in [2.05, 4.69) is 160 Å². The van der Waals surface area contributed by atoms with Crippen LogP contribution in [-0.2, 0) is 0 Å². The lowest BCUT2D eigenvalue weighted by atomic mass is 9.77. The molecule has 0 radical (unpaired) electrons. The van der Waals surface area contributed by atoms with Crippen LogP contribution in [0.1, 0.15) is 231 Å². The summed E-state index contributed by atoms with van der Waals surface area (Å²) in [7, 11) is 0. The number of carboxylic acid groups (broad SMARTS) is 4. The first-order valence-electron chi connectivity index (χ1n) is 22.8. The molecule has 4 aliphatic rings. The minimum atomic E-state index is -1.66. The SMILES string of the molecule is CC1CC(C)(C)NC(C)(C)C1.CC1CC(C)(C)NC(C)(C)C1.CC1CC(C)(C)NC(C)(C)C1.CC1CC(C)(C)NC(C)(C)C1.O=C(O)c1cc(C(=O)O)c(C(=O)O)cc1C(=O)O. The van der Waals surface area contributed by atoms with Crippen molar-refractivity contribution in [1.82, 2.24) is 21.3 Å². The van der Waals surface area contributed by atoms with Crippen molar-refractivity contribution in [2.45, 2.75) is 234 Å². The number of carboxylic acids is 4. The lowest BCUT2D eigenvalue weighted by molar-refractivity contribution is 0.0637. The summed E-state index contributed by atoms with van der Waals surface area (Å²) >= 11 is 0. The van der Waals surface area contributed by atoms with Crippen molar-refractivity contribution >= 4 is 23.9 Å². The molecule has 62 heavy (non-hydrogen) atoms. The van der Waals surface area contributed by atoms with E-state index in [1.54, 1.807) is 0 Å². The van der Waals surface area contributed by atoms with Gasteiger partial charge in [-0.1, -0.05) is 27.7 Å². The van der Waals surface area contributed by atoms with E-state index < -0.39 is 46.1 Å². The van der Waals surface area contributed by atoms with E-state index in [1.807, 2.05) is 0 Å². The maximum absolute atomic E-state index is 10.8. The number of piperidine rings is 4. The van der Waals surface area contributed by atoms with Crippen LogP contribution < -0.4 is 21.3 Å². The number of hydrogen-bond donors (Lipinski definition) is 8. The second kappa shape index (κ2) is 20.8. The van der Waals surface area contributed by atoms with E-state index in [4.69, 9.17) is 20.4 Å². The zero-order valence-corrected chi connectivity index (χ0v) is 42.5. The molecule has 4 aliphatic heterocycles. The van der Waals surface area contributed by atoms with E-state index in [1.165, 1.54) is 51.4 Å². The normalized spacial score (nSPS) is 24.3. The molecule has 358 valence electrons. The zero-order valence-electron chi connectivity index (χ0n) is 42.5. The van der Waals surface area contributed by atoms with Gasteiger partial charge in [0.25, 0.3) is 0 Å². The molecule has 5 rings (SSSR count). The fraction of sp³-hybridized carbons (Fsp3) is 0.800. The first-order chi connectivity index (χ1) is 27.5. The van der Waals surface area contributed by atoms with Crippen LogP contribution in [0, 0.1) is 23.7 Å². The summed E-state index contributed by atoms with van der Waals surface area (Å²) in [5.41, 5.74) is -0.473. The van der Waals surface area contributed by atoms with E-state index >= 15 is 0 Å². The van der Waals surface area contributed by atoms with Gasteiger partial charge in [0.05, 0.1) is 22.3 Å². The van der Waals surface area contributed by atoms with Crippen molar-refractivity contribution in [2.75, 3.05) is 0 Å². The Morgan fingerprint density at radius 3 is 0.532 bits per heavy atom. The van der Waals surface area contributed by atoms with E-state index in [9.17, 15) is 19.2 Å². The third-order valence-corrected chi connectivity index (χ3v) is 11.7. The van der Waals surface area contributed by atoms with Crippen molar-refractivity contribution in [3.8, 4) is 0 Å². The van der Waals surface area contributed by atoms with Crippen LogP contribution in [-0.4, -0.2) is 88.6 Å². The third kappa shape index (κ3) is 20.6. The van der Waals surface area contributed by atoms with Gasteiger partial charge in [0.2, 0.25) is 0 Å². The summed E-state index contributed by atoms with van der Waals surface area (Å²) in [5.74, 6) is -3.19. The van der Waals surface area contributed by atoms with E-state index in [0.717, 1.165) is 23.7 Å². The number of rotatable bonds is 4. The summed E-state index contributed by atoms with van der Waals surface area (Å²) < 4.78 is 0. The largest absolute Gasteiger partial charge is 0.478 e. The van der Waals surface area contributed by atoms with Crippen LogP contribution in [0.15, 0.2) is 12.1 Å². The third-order valence-electron chi connectivity index (χ3n) is 11.7. The average molecular weight is 875 g/mol. The van der Waals surface area contributed by atoms with Crippen LogP contribution in [0.25, 0.3) is 0 Å². The number of hydrogen-bond acceptors (Lipinski definition) is 8. The number of benzene rings is 1. The van der Waals surface area contributed by atoms with E-state index in [-0.39, 0.29) is 0 Å². The predicted octanol–water partition coefficient (Wildman–Crippen LogP) is 10.7. The molecule has 12 nitrogen and oxygen atoms in total. The Bertz CT molecular complexity index is 1400. The van der Waals surface area contributed by atoms with Crippen molar-refractivity contribution in [2.24, 2.45) is 23.7 Å². The second-order valence-corrected chi connectivity index (χ2v) is 24.8. The van der Waals surface area contributed by atoms with Crippen LogP contribution in [0.5, 0.6) is 0 Å². The lowest BCUT2D eigenvalue weighted by Crippen LogP contribution is -2.57. The molecule has 0 amide bonds. The van der Waals surface area contributed by atoms with Gasteiger partial charge in [0, 0.05) is 44.3 Å². The quantitative estimate of drug-likeness (QED) is 0.143. The van der Waals surface area contributed by atoms with Gasteiger partial charge in [-0.2, -0.15) is 0 Å². The number of aromatic carboxylic acids is 4. The molecular weight excluding hydrogens is 785 g/mol. The van der Waals surface area contributed by atoms with Gasteiger partial charge in [-0.3, -0.25) is 0 Å². The molecule has 12 heteroatoms. The molecule has 4 saturated heterocycles. The molecule has 1 aromatic carbocycles. The van der Waals surface area contributed by atoms with Crippen LogP contribution in [0.2, 0.25) is 0 Å². The molecule has 0 atom stereocenters. The molecule has 0 aliphatic carbocycles. The van der Waals surface area contributed by atoms with Gasteiger partial charge in [-0.25, -0.2) is 19.2 Å². The molecule has 0 bridgehead atoms. The first kappa shape index (κ1) is 57.0. The highest BCUT2D eigenvalue weighted by atomic mass is 16.4. The molecular formula is C50H90N4O8. The molecule has 1 aromatic rings. The highest BCUT2D eigenvalue weighted by Gasteiger charge is 2.38. The van der Waals surface area contributed by atoms with Crippen molar-refractivity contribution in [1.29, 1.82) is 0 Å². The first-order valence-corrected chi connectivity index (χ1v) is 22.8. The smallest absolute Gasteiger partial charge is 0.336 e. The average Bonchev–Trinajstić information content (AvgIpc) is 2.94. The Hall–Kier alpha value is -3.06. The number of nitrogens with one attached hydrogen (secondary N) is 4. The maximum atomic E-state index is 10.8. The Balaban J connectivity index is 0.000000394. The highest BCUT2D eigenvalue weighted by Crippen LogP contribution is 2.35. The standard InChI is InChI=1S/4C10H21N.C10H6O8/c4*1-8-6-9(2,3)11-10(4,5)7-8;11-7(12)3-1-4(8(13)14)6(10(17)18)2-5(3)9(15)16/h4*8,11H,6-7H2,1-5H3;1-2H,(H,11,12)(H,13,14)(H,15,16)(H,17,18). The van der Waals surface area contributed by atoms with Crippen molar-refractivity contribution in [3.63, 3.8) is 0 Å². The van der Waals surface area contributed by atoms with Crippen molar-refractivity contribution in [3.05, 3.63) is 34.4 Å². The minimum Gasteiger partial charge on any atom is -0.478 e. The molecule has 4 fully saturated rings. The molecule has 4 heterocycles. The van der Waals surface area contributed by atoms with Crippen LogP contribution in [0.3, 0.4) is 0 Å². The minimum absolute atomic E-state index is 0.334. The molecule has 0 spiro atoms. The van der Waals surface area contributed by atoms with E-state index in [0.29, 0.717) is 56.4 Å². The lowest BCUT2D eigenvalue weighted by Gasteiger charge is -2.45. The van der Waals surface area contributed by atoms with Crippen LogP contribution in [0.4, 0.5) is 0 Å². The highest BCUT2D eigenvalue weighted by molar-refractivity contribution is 6.09. The molecule has 0 aromatic heterocycles. The predicted molar refractivity (Wildman–Crippen MR) is 253 cm³/mol. The van der Waals surface area contributed by atoms with Gasteiger partial charge < -0.3 is 41.7 Å². The summed E-state index contributed by atoms with van der Waals surface area (Å²) in [5, 5.41) is 49.6.